The summed E-state index contributed by atoms with van der Waals surface area (Å²) in [7, 11) is 3.07. The second-order valence-corrected chi connectivity index (χ2v) is 9.33. The zero-order valence-corrected chi connectivity index (χ0v) is 22.6. The summed E-state index contributed by atoms with van der Waals surface area (Å²) in [6.07, 6.45) is 4.75. The first kappa shape index (κ1) is 27.6. The van der Waals surface area contributed by atoms with E-state index in [1.54, 1.807) is 37.4 Å². The Bertz CT molecular complexity index is 1410. The van der Waals surface area contributed by atoms with Gasteiger partial charge in [0.2, 0.25) is 11.8 Å². The number of hydrogen-bond donors (Lipinski definition) is 3. The summed E-state index contributed by atoms with van der Waals surface area (Å²) in [5.41, 5.74) is 2.82. The number of methoxy groups -OCH3 is 2. The van der Waals surface area contributed by atoms with Gasteiger partial charge < -0.3 is 24.9 Å². The number of aromatic hydroxyl groups is 1. The molecule has 1 unspecified atom stereocenters. The van der Waals surface area contributed by atoms with Crippen molar-refractivity contribution in [3.63, 3.8) is 0 Å². The van der Waals surface area contributed by atoms with E-state index in [2.05, 4.69) is 17.2 Å². The van der Waals surface area contributed by atoms with Crippen LogP contribution in [0.1, 0.15) is 43.4 Å². The number of benzene rings is 3. The van der Waals surface area contributed by atoms with Crippen molar-refractivity contribution in [1.29, 1.82) is 0 Å². The maximum absolute atomic E-state index is 14.2. The number of unbranched alkanes of at least 4 members (excludes halogenated alkanes) is 2. The molecule has 1 heterocycles. The van der Waals surface area contributed by atoms with E-state index in [0.29, 0.717) is 29.3 Å². The van der Waals surface area contributed by atoms with Crippen molar-refractivity contribution < 1.29 is 24.2 Å². The molecule has 39 heavy (non-hydrogen) atoms. The molecule has 1 aromatic heterocycles. The van der Waals surface area contributed by atoms with Crippen LogP contribution in [-0.4, -0.2) is 42.7 Å². The summed E-state index contributed by atoms with van der Waals surface area (Å²) < 4.78 is 10.9. The molecule has 2 amide bonds. The van der Waals surface area contributed by atoms with Gasteiger partial charge in [-0.25, -0.2) is 0 Å². The fourth-order valence-corrected chi connectivity index (χ4v) is 4.70. The fraction of sp³-hybridized carbons (Fsp3) is 0.290. The van der Waals surface area contributed by atoms with Crippen molar-refractivity contribution in [2.24, 2.45) is 0 Å². The van der Waals surface area contributed by atoms with Gasteiger partial charge in [0.25, 0.3) is 0 Å². The predicted molar refractivity (Wildman–Crippen MR) is 152 cm³/mol. The molecule has 0 aliphatic rings. The number of carbonyl (C=O) groups excluding carboxylic acids is 2. The summed E-state index contributed by atoms with van der Waals surface area (Å²) in [4.78, 5) is 32.7. The average molecular weight is 530 g/mol. The smallest absolute Gasteiger partial charge is 0.247 e. The molecular formula is C31H35N3O5. The van der Waals surface area contributed by atoms with Crippen LogP contribution in [-0.2, 0) is 16.0 Å². The first-order chi connectivity index (χ1) is 19.0. The SMILES string of the molecule is CCCCCNC(=O)C(c1ccc(O)cc1)N(C(=O)Cc1c[nH]c2ccccc12)c1ccc(OC)c(OC)c1. The van der Waals surface area contributed by atoms with Gasteiger partial charge in [0.15, 0.2) is 11.5 Å². The maximum atomic E-state index is 14.2. The van der Waals surface area contributed by atoms with Gasteiger partial charge in [-0.1, -0.05) is 50.1 Å². The monoisotopic (exact) mass is 529 g/mol. The Labute approximate surface area is 228 Å². The number of nitrogens with zero attached hydrogens (tertiary/aromatic N) is 1. The van der Waals surface area contributed by atoms with E-state index in [9.17, 15) is 14.7 Å². The van der Waals surface area contributed by atoms with Crippen molar-refractivity contribution >= 4 is 28.4 Å². The number of amides is 2. The Morgan fingerprint density at radius 1 is 0.974 bits per heavy atom. The Balaban J connectivity index is 1.80. The lowest BCUT2D eigenvalue weighted by molar-refractivity contribution is -0.126. The highest BCUT2D eigenvalue weighted by atomic mass is 16.5. The minimum atomic E-state index is -0.983. The third-order valence-corrected chi connectivity index (χ3v) is 6.73. The highest BCUT2D eigenvalue weighted by Gasteiger charge is 2.33. The molecule has 4 rings (SSSR count). The van der Waals surface area contributed by atoms with Crippen LogP contribution in [0.5, 0.6) is 17.2 Å². The molecule has 4 aromatic rings. The van der Waals surface area contributed by atoms with E-state index in [1.807, 2.05) is 30.5 Å². The Morgan fingerprint density at radius 3 is 2.44 bits per heavy atom. The second-order valence-electron chi connectivity index (χ2n) is 9.33. The van der Waals surface area contributed by atoms with Crippen molar-refractivity contribution in [3.05, 3.63) is 84.1 Å². The largest absolute Gasteiger partial charge is 0.508 e. The Kier molecular flexibility index (Phi) is 9.10. The number of hydrogen-bond acceptors (Lipinski definition) is 5. The zero-order chi connectivity index (χ0) is 27.8. The molecule has 0 bridgehead atoms. The average Bonchev–Trinajstić information content (AvgIpc) is 3.36. The van der Waals surface area contributed by atoms with Crippen LogP contribution >= 0.6 is 0 Å². The number of aromatic nitrogens is 1. The molecule has 0 aliphatic heterocycles. The van der Waals surface area contributed by atoms with Gasteiger partial charge in [0.05, 0.1) is 20.6 Å². The lowest BCUT2D eigenvalue weighted by atomic mass is 10.0. The number of rotatable bonds is 12. The number of para-hydroxylation sites is 1. The van der Waals surface area contributed by atoms with E-state index >= 15 is 0 Å². The normalized spacial score (nSPS) is 11.7. The molecule has 0 spiro atoms. The van der Waals surface area contributed by atoms with Gasteiger partial charge in [-0.15, -0.1) is 0 Å². The van der Waals surface area contributed by atoms with Crippen LogP contribution in [0.4, 0.5) is 5.69 Å². The topological polar surface area (TPSA) is 104 Å². The first-order valence-electron chi connectivity index (χ1n) is 13.1. The van der Waals surface area contributed by atoms with Gasteiger partial charge in [-0.3, -0.25) is 14.5 Å². The van der Waals surface area contributed by atoms with Crippen LogP contribution < -0.4 is 19.7 Å². The minimum Gasteiger partial charge on any atom is -0.508 e. The molecule has 0 saturated heterocycles. The van der Waals surface area contributed by atoms with Crippen molar-refractivity contribution in [1.82, 2.24) is 10.3 Å². The van der Waals surface area contributed by atoms with Gasteiger partial charge in [0.1, 0.15) is 11.8 Å². The first-order valence-corrected chi connectivity index (χ1v) is 13.1. The number of aromatic amines is 1. The number of carbonyl (C=O) groups is 2. The van der Waals surface area contributed by atoms with Crippen molar-refractivity contribution in [2.75, 3.05) is 25.7 Å². The van der Waals surface area contributed by atoms with Crippen LogP contribution in [0.2, 0.25) is 0 Å². The van der Waals surface area contributed by atoms with Gasteiger partial charge in [-0.2, -0.15) is 0 Å². The predicted octanol–water partition coefficient (Wildman–Crippen LogP) is 5.51. The summed E-state index contributed by atoms with van der Waals surface area (Å²) in [6, 6.07) is 18.3. The lowest BCUT2D eigenvalue weighted by Crippen LogP contribution is -2.45. The summed E-state index contributed by atoms with van der Waals surface area (Å²) >= 11 is 0. The highest BCUT2D eigenvalue weighted by molar-refractivity contribution is 6.03. The number of nitrogens with one attached hydrogen (secondary N) is 2. The summed E-state index contributed by atoms with van der Waals surface area (Å²) in [6.45, 7) is 2.60. The molecule has 0 aliphatic carbocycles. The van der Waals surface area contributed by atoms with Gasteiger partial charge in [0, 0.05) is 35.4 Å². The minimum absolute atomic E-state index is 0.0655. The number of ether oxygens (including phenoxy) is 2. The Morgan fingerprint density at radius 2 is 1.72 bits per heavy atom. The van der Waals surface area contributed by atoms with Crippen LogP contribution in [0, 0.1) is 0 Å². The Hall–Kier alpha value is -4.46. The lowest BCUT2D eigenvalue weighted by Gasteiger charge is -2.32. The van der Waals surface area contributed by atoms with Gasteiger partial charge >= 0.3 is 0 Å². The van der Waals surface area contributed by atoms with E-state index in [1.165, 1.54) is 24.1 Å². The molecule has 3 N–H and O–H groups in total. The number of phenolic OH excluding ortho intramolecular Hbond substituents is 1. The molecule has 0 radical (unpaired) electrons. The molecule has 1 atom stereocenters. The zero-order valence-electron chi connectivity index (χ0n) is 22.6. The molecule has 0 saturated carbocycles. The molecular weight excluding hydrogens is 494 g/mol. The third-order valence-electron chi connectivity index (χ3n) is 6.73. The van der Waals surface area contributed by atoms with E-state index in [0.717, 1.165) is 35.7 Å². The van der Waals surface area contributed by atoms with E-state index < -0.39 is 6.04 Å². The molecule has 204 valence electrons. The third kappa shape index (κ3) is 6.34. The fourth-order valence-electron chi connectivity index (χ4n) is 4.70. The molecule has 8 nitrogen and oxygen atoms in total. The number of fused-ring (bicyclic) bond motifs is 1. The summed E-state index contributed by atoms with van der Waals surface area (Å²) in [5.74, 6) is 0.444. The number of anilines is 1. The molecule has 0 fully saturated rings. The highest BCUT2D eigenvalue weighted by Crippen LogP contribution is 2.36. The van der Waals surface area contributed by atoms with Crippen LogP contribution in [0.25, 0.3) is 10.9 Å². The van der Waals surface area contributed by atoms with Gasteiger partial charge in [-0.05, 0) is 47.9 Å². The van der Waals surface area contributed by atoms with E-state index in [4.69, 9.17) is 9.47 Å². The standard InChI is InChI=1S/C31H35N3O5/c1-4-5-8-17-32-31(37)30(21-11-14-24(35)15-12-21)34(23-13-16-27(38-2)28(19-23)39-3)29(36)18-22-20-33-26-10-7-6-9-25(22)26/h6-7,9-16,19-20,30,33,35H,4-5,8,17-18H2,1-3H3,(H,32,37). The maximum Gasteiger partial charge on any atom is 0.247 e. The van der Waals surface area contributed by atoms with Crippen molar-refractivity contribution in [2.45, 2.75) is 38.6 Å². The molecule has 8 heteroatoms. The quantitative estimate of drug-likeness (QED) is 0.210. The summed E-state index contributed by atoms with van der Waals surface area (Å²) in [5, 5.41) is 13.9. The number of phenols is 1. The van der Waals surface area contributed by atoms with Crippen LogP contribution in [0.15, 0.2) is 72.9 Å². The van der Waals surface area contributed by atoms with Crippen LogP contribution in [0.3, 0.4) is 0 Å². The van der Waals surface area contributed by atoms with E-state index in [-0.39, 0.29) is 24.0 Å². The molecule has 3 aromatic carbocycles. The second kappa shape index (κ2) is 12.9. The number of H-pyrrole nitrogens is 1. The van der Waals surface area contributed by atoms with Crippen molar-refractivity contribution in [3.8, 4) is 17.2 Å².